The summed E-state index contributed by atoms with van der Waals surface area (Å²) in [5.41, 5.74) is 10.7. The maximum absolute atomic E-state index is 11.8. The van der Waals surface area contributed by atoms with Gasteiger partial charge >= 0.3 is 0 Å². The van der Waals surface area contributed by atoms with E-state index in [1.807, 2.05) is 13.8 Å². The second-order valence-electron chi connectivity index (χ2n) is 4.30. The SMILES string of the molecule is CC(C)(CS)C(=O)C(N)CCCCN. The highest BCUT2D eigenvalue weighted by molar-refractivity contribution is 7.80. The van der Waals surface area contributed by atoms with Crippen LogP contribution in [0.3, 0.4) is 0 Å². The van der Waals surface area contributed by atoms with E-state index in [0.29, 0.717) is 12.3 Å². The minimum absolute atomic E-state index is 0.101. The largest absolute Gasteiger partial charge is 0.330 e. The van der Waals surface area contributed by atoms with E-state index in [2.05, 4.69) is 12.6 Å². The fraction of sp³-hybridized carbons (Fsp3) is 0.900. The van der Waals surface area contributed by atoms with E-state index in [1.54, 1.807) is 0 Å². The van der Waals surface area contributed by atoms with Gasteiger partial charge in [0.2, 0.25) is 0 Å². The van der Waals surface area contributed by atoms with Gasteiger partial charge in [-0.1, -0.05) is 20.3 Å². The van der Waals surface area contributed by atoms with Gasteiger partial charge in [0.25, 0.3) is 0 Å². The van der Waals surface area contributed by atoms with Crippen molar-refractivity contribution in [2.75, 3.05) is 12.3 Å². The summed E-state index contributed by atoms with van der Waals surface area (Å²) in [4.78, 5) is 11.8. The molecule has 1 unspecified atom stereocenters. The van der Waals surface area contributed by atoms with Crippen molar-refractivity contribution in [1.82, 2.24) is 0 Å². The molecule has 0 aromatic heterocycles. The normalized spacial score (nSPS) is 14.1. The van der Waals surface area contributed by atoms with Crippen LogP contribution in [0.5, 0.6) is 0 Å². The highest BCUT2D eigenvalue weighted by atomic mass is 32.1. The smallest absolute Gasteiger partial charge is 0.155 e. The molecule has 0 aliphatic rings. The quantitative estimate of drug-likeness (QED) is 0.440. The molecule has 0 radical (unpaired) electrons. The van der Waals surface area contributed by atoms with Gasteiger partial charge in [-0.25, -0.2) is 0 Å². The minimum Gasteiger partial charge on any atom is -0.330 e. The monoisotopic (exact) mass is 218 g/mol. The molecular weight excluding hydrogens is 196 g/mol. The first kappa shape index (κ1) is 13.9. The van der Waals surface area contributed by atoms with E-state index in [9.17, 15) is 4.79 Å². The Kier molecular flexibility index (Phi) is 6.40. The summed E-state index contributed by atoms with van der Waals surface area (Å²) < 4.78 is 0. The van der Waals surface area contributed by atoms with Gasteiger partial charge in [-0.2, -0.15) is 12.6 Å². The molecule has 84 valence electrons. The lowest BCUT2D eigenvalue weighted by atomic mass is 9.85. The molecule has 0 aliphatic carbocycles. The van der Waals surface area contributed by atoms with Gasteiger partial charge in [0, 0.05) is 11.2 Å². The van der Waals surface area contributed by atoms with Crippen LogP contribution in [0.4, 0.5) is 0 Å². The zero-order valence-corrected chi connectivity index (χ0v) is 10.0. The average molecular weight is 218 g/mol. The Hall–Kier alpha value is -0.0600. The van der Waals surface area contributed by atoms with E-state index in [0.717, 1.165) is 19.3 Å². The molecule has 0 amide bonds. The minimum atomic E-state index is -0.411. The molecule has 0 bridgehead atoms. The average Bonchev–Trinajstić information content (AvgIpc) is 2.17. The summed E-state index contributed by atoms with van der Waals surface area (Å²) >= 11 is 4.15. The van der Waals surface area contributed by atoms with E-state index >= 15 is 0 Å². The van der Waals surface area contributed by atoms with Crippen LogP contribution < -0.4 is 11.5 Å². The van der Waals surface area contributed by atoms with Crippen molar-refractivity contribution in [1.29, 1.82) is 0 Å². The molecule has 14 heavy (non-hydrogen) atoms. The first-order valence-corrected chi connectivity index (χ1v) is 5.69. The number of unbranched alkanes of at least 4 members (excludes halogenated alkanes) is 1. The van der Waals surface area contributed by atoms with Gasteiger partial charge < -0.3 is 11.5 Å². The third kappa shape index (κ3) is 4.44. The Morgan fingerprint density at radius 3 is 2.43 bits per heavy atom. The first-order chi connectivity index (χ1) is 6.45. The van der Waals surface area contributed by atoms with Crippen molar-refractivity contribution in [3.05, 3.63) is 0 Å². The second kappa shape index (κ2) is 6.43. The van der Waals surface area contributed by atoms with Gasteiger partial charge in [0.15, 0.2) is 5.78 Å². The fourth-order valence-corrected chi connectivity index (χ4v) is 1.38. The molecule has 0 saturated heterocycles. The topological polar surface area (TPSA) is 69.1 Å². The summed E-state index contributed by atoms with van der Waals surface area (Å²) in [6, 6.07) is -0.358. The molecule has 0 fully saturated rings. The summed E-state index contributed by atoms with van der Waals surface area (Å²) in [5, 5.41) is 0. The van der Waals surface area contributed by atoms with Gasteiger partial charge in [-0.05, 0) is 19.4 Å². The highest BCUT2D eigenvalue weighted by Gasteiger charge is 2.29. The lowest BCUT2D eigenvalue weighted by molar-refractivity contribution is -0.127. The molecule has 0 aromatic carbocycles. The lowest BCUT2D eigenvalue weighted by Crippen LogP contribution is -2.41. The van der Waals surface area contributed by atoms with Crippen molar-refractivity contribution >= 4 is 18.4 Å². The Morgan fingerprint density at radius 1 is 1.43 bits per heavy atom. The number of nitrogens with two attached hydrogens (primary N) is 2. The third-order valence-corrected chi connectivity index (χ3v) is 3.16. The molecule has 0 aliphatic heterocycles. The molecule has 4 heteroatoms. The molecule has 0 saturated carbocycles. The Morgan fingerprint density at radius 2 is 2.00 bits per heavy atom. The third-order valence-electron chi connectivity index (χ3n) is 2.37. The number of carbonyl (C=O) groups is 1. The van der Waals surface area contributed by atoms with E-state index in [4.69, 9.17) is 11.5 Å². The van der Waals surface area contributed by atoms with Crippen LogP contribution >= 0.6 is 12.6 Å². The number of carbonyl (C=O) groups excluding carboxylic acids is 1. The Balaban J connectivity index is 3.99. The number of hydrogen-bond donors (Lipinski definition) is 3. The number of ketones is 1. The second-order valence-corrected chi connectivity index (χ2v) is 4.61. The maximum atomic E-state index is 11.8. The number of rotatable bonds is 7. The summed E-state index contributed by atoms with van der Waals surface area (Å²) in [6.07, 6.45) is 2.58. The first-order valence-electron chi connectivity index (χ1n) is 5.06. The van der Waals surface area contributed by atoms with E-state index in [-0.39, 0.29) is 11.8 Å². The summed E-state index contributed by atoms with van der Waals surface area (Å²) in [5.74, 6) is 0.640. The van der Waals surface area contributed by atoms with Crippen molar-refractivity contribution in [3.63, 3.8) is 0 Å². The zero-order valence-electron chi connectivity index (χ0n) is 9.12. The van der Waals surface area contributed by atoms with Crippen molar-refractivity contribution in [2.24, 2.45) is 16.9 Å². The fourth-order valence-electron chi connectivity index (χ4n) is 1.22. The number of thiol groups is 1. The van der Waals surface area contributed by atoms with Crippen molar-refractivity contribution in [2.45, 2.75) is 39.2 Å². The van der Waals surface area contributed by atoms with E-state index in [1.165, 1.54) is 0 Å². The molecular formula is C10H22N2OS. The van der Waals surface area contributed by atoms with Crippen LogP contribution in [0.1, 0.15) is 33.1 Å². The predicted octanol–water partition coefficient (Wildman–Crippen LogP) is 0.968. The van der Waals surface area contributed by atoms with Gasteiger partial charge in [-0.3, -0.25) is 4.79 Å². The highest BCUT2D eigenvalue weighted by Crippen LogP contribution is 2.20. The standard InChI is InChI=1S/C10H22N2OS/c1-10(2,7-14)9(13)8(12)5-3-4-6-11/h8,14H,3-7,11-12H2,1-2H3. The summed E-state index contributed by atoms with van der Waals surface area (Å²) in [6.45, 7) is 4.42. The van der Waals surface area contributed by atoms with Crippen LogP contribution in [-0.4, -0.2) is 24.1 Å². The maximum Gasteiger partial charge on any atom is 0.155 e. The van der Waals surface area contributed by atoms with Crippen LogP contribution in [0.2, 0.25) is 0 Å². The van der Waals surface area contributed by atoms with Crippen LogP contribution in [0.15, 0.2) is 0 Å². The number of Topliss-reactive ketones (excluding diaryl/α,β-unsaturated/α-hetero) is 1. The molecule has 4 N–H and O–H groups in total. The van der Waals surface area contributed by atoms with Gasteiger partial charge in [0.1, 0.15) is 0 Å². The Bertz CT molecular complexity index is 183. The molecule has 0 heterocycles. The molecule has 0 rings (SSSR count). The molecule has 1 atom stereocenters. The van der Waals surface area contributed by atoms with Gasteiger partial charge in [0.05, 0.1) is 6.04 Å². The molecule has 0 spiro atoms. The van der Waals surface area contributed by atoms with Crippen LogP contribution in [0, 0.1) is 5.41 Å². The lowest BCUT2D eigenvalue weighted by Gasteiger charge is -2.24. The summed E-state index contributed by atoms with van der Waals surface area (Å²) in [7, 11) is 0. The molecule has 3 nitrogen and oxygen atoms in total. The van der Waals surface area contributed by atoms with Crippen LogP contribution in [-0.2, 0) is 4.79 Å². The zero-order chi connectivity index (χ0) is 11.2. The van der Waals surface area contributed by atoms with E-state index < -0.39 is 5.41 Å². The van der Waals surface area contributed by atoms with Crippen molar-refractivity contribution < 1.29 is 4.79 Å². The number of hydrogen-bond acceptors (Lipinski definition) is 4. The van der Waals surface area contributed by atoms with Crippen LogP contribution in [0.25, 0.3) is 0 Å². The van der Waals surface area contributed by atoms with Crippen molar-refractivity contribution in [3.8, 4) is 0 Å². The molecule has 0 aromatic rings. The predicted molar refractivity (Wildman–Crippen MR) is 63.5 cm³/mol. The van der Waals surface area contributed by atoms with Gasteiger partial charge in [-0.15, -0.1) is 0 Å². The Labute approximate surface area is 92.0 Å².